The average molecular weight is 274 g/mol. The van der Waals surface area contributed by atoms with E-state index >= 15 is 0 Å². The molecule has 19 heavy (non-hydrogen) atoms. The first kappa shape index (κ1) is 10.8. The summed E-state index contributed by atoms with van der Waals surface area (Å²) in [7, 11) is -3.32. The molecule has 2 aromatic rings. The Labute approximate surface area is 109 Å². The summed E-state index contributed by atoms with van der Waals surface area (Å²) in [5, 5.41) is 5.42. The van der Waals surface area contributed by atoms with Gasteiger partial charge in [-0.05, 0) is 12.1 Å². The smallest absolute Gasteiger partial charge is 0.184 e. The SMILES string of the molecule is O=S1(=O)C=CC2ON=C(c3c[nH]c4ccccc34)C21. The third-order valence-electron chi connectivity index (χ3n) is 3.52. The molecule has 4 rings (SSSR count). The van der Waals surface area contributed by atoms with E-state index in [0.717, 1.165) is 16.5 Å². The van der Waals surface area contributed by atoms with Gasteiger partial charge in [0.15, 0.2) is 21.2 Å². The number of sulfone groups is 1. The standard InChI is InChI=1S/C13H10N2O3S/c16-19(17)6-5-11-13(19)12(15-18-11)9-7-14-10-4-2-1-3-8(9)10/h1-7,11,13-14H. The summed E-state index contributed by atoms with van der Waals surface area (Å²) in [5.41, 5.74) is 2.22. The van der Waals surface area contributed by atoms with Gasteiger partial charge in [-0.3, -0.25) is 0 Å². The Morgan fingerprint density at radius 1 is 1.26 bits per heavy atom. The molecule has 3 heterocycles. The fourth-order valence-electron chi connectivity index (χ4n) is 2.62. The van der Waals surface area contributed by atoms with Crippen molar-refractivity contribution in [2.75, 3.05) is 0 Å². The van der Waals surface area contributed by atoms with Crippen LogP contribution < -0.4 is 0 Å². The molecule has 5 nitrogen and oxygen atoms in total. The number of H-pyrrole nitrogens is 1. The molecule has 1 N–H and O–H groups in total. The predicted molar refractivity (Wildman–Crippen MR) is 71.6 cm³/mol. The molecule has 96 valence electrons. The second-order valence-corrected chi connectivity index (χ2v) is 6.59. The highest BCUT2D eigenvalue weighted by molar-refractivity contribution is 7.96. The quantitative estimate of drug-likeness (QED) is 0.858. The molecule has 1 aromatic carbocycles. The Hall–Kier alpha value is -2.08. The monoisotopic (exact) mass is 274 g/mol. The summed E-state index contributed by atoms with van der Waals surface area (Å²) in [6.07, 6.45) is 2.84. The van der Waals surface area contributed by atoms with Crippen molar-refractivity contribution in [2.24, 2.45) is 5.16 Å². The molecule has 2 aliphatic heterocycles. The van der Waals surface area contributed by atoms with Gasteiger partial charge in [-0.2, -0.15) is 0 Å². The number of aromatic nitrogens is 1. The first-order chi connectivity index (χ1) is 9.17. The molecule has 0 fully saturated rings. The molecule has 2 atom stereocenters. The molecule has 0 aliphatic carbocycles. The van der Waals surface area contributed by atoms with Crippen molar-refractivity contribution in [3.63, 3.8) is 0 Å². The lowest BCUT2D eigenvalue weighted by molar-refractivity contribution is 0.123. The van der Waals surface area contributed by atoms with Gasteiger partial charge in [0, 0.05) is 28.1 Å². The zero-order valence-electron chi connectivity index (χ0n) is 9.78. The van der Waals surface area contributed by atoms with Crippen molar-refractivity contribution < 1.29 is 13.3 Å². The molecule has 1 aromatic heterocycles. The zero-order chi connectivity index (χ0) is 13.0. The molecule has 0 amide bonds. The van der Waals surface area contributed by atoms with Gasteiger partial charge in [-0.1, -0.05) is 23.4 Å². The van der Waals surface area contributed by atoms with E-state index < -0.39 is 21.2 Å². The van der Waals surface area contributed by atoms with Crippen LogP contribution in [-0.2, 0) is 14.7 Å². The maximum atomic E-state index is 12.0. The van der Waals surface area contributed by atoms with Gasteiger partial charge in [0.25, 0.3) is 0 Å². The first-order valence-corrected chi connectivity index (χ1v) is 7.50. The molecule has 2 unspecified atom stereocenters. The maximum Gasteiger partial charge on any atom is 0.184 e. The van der Waals surface area contributed by atoms with Crippen molar-refractivity contribution >= 4 is 26.5 Å². The molecule has 0 radical (unpaired) electrons. The van der Waals surface area contributed by atoms with Gasteiger partial charge in [0.2, 0.25) is 0 Å². The van der Waals surface area contributed by atoms with Crippen LogP contribution >= 0.6 is 0 Å². The van der Waals surface area contributed by atoms with Crippen LogP contribution in [0.15, 0.2) is 47.1 Å². The molecule has 6 heteroatoms. The van der Waals surface area contributed by atoms with E-state index in [2.05, 4.69) is 10.1 Å². The molecule has 2 aliphatic rings. The lowest BCUT2D eigenvalue weighted by Crippen LogP contribution is -2.31. The van der Waals surface area contributed by atoms with E-state index in [1.165, 1.54) is 5.41 Å². The topological polar surface area (TPSA) is 71.5 Å². The van der Waals surface area contributed by atoms with Crippen molar-refractivity contribution in [1.29, 1.82) is 0 Å². The second kappa shape index (κ2) is 3.48. The Balaban J connectivity index is 1.90. The van der Waals surface area contributed by atoms with Gasteiger partial charge in [-0.25, -0.2) is 8.42 Å². The molecular weight excluding hydrogens is 264 g/mol. The summed E-state index contributed by atoms with van der Waals surface area (Å²) < 4.78 is 24.1. The zero-order valence-corrected chi connectivity index (χ0v) is 10.6. The maximum absolute atomic E-state index is 12.0. The molecule has 0 spiro atoms. The van der Waals surface area contributed by atoms with E-state index in [0.29, 0.717) is 5.71 Å². The van der Waals surface area contributed by atoms with Crippen LogP contribution in [0.25, 0.3) is 10.9 Å². The number of nitrogens with zero attached hydrogens (tertiary/aromatic N) is 1. The van der Waals surface area contributed by atoms with Crippen LogP contribution in [0, 0.1) is 0 Å². The van der Waals surface area contributed by atoms with Gasteiger partial charge in [0.1, 0.15) is 5.71 Å². The third kappa shape index (κ3) is 1.40. The van der Waals surface area contributed by atoms with Gasteiger partial charge in [-0.15, -0.1) is 0 Å². The second-order valence-electron chi connectivity index (χ2n) is 4.63. The van der Waals surface area contributed by atoms with E-state index in [1.807, 2.05) is 24.3 Å². The number of aromatic amines is 1. The summed E-state index contributed by atoms with van der Waals surface area (Å²) >= 11 is 0. The third-order valence-corrected chi connectivity index (χ3v) is 5.25. The van der Waals surface area contributed by atoms with Crippen LogP contribution in [0.3, 0.4) is 0 Å². The van der Waals surface area contributed by atoms with E-state index in [9.17, 15) is 8.42 Å². The number of hydrogen-bond acceptors (Lipinski definition) is 4. The molecular formula is C13H10N2O3S. The normalized spacial score (nSPS) is 27.3. The van der Waals surface area contributed by atoms with Crippen LogP contribution in [0.5, 0.6) is 0 Å². The Morgan fingerprint density at radius 3 is 3.00 bits per heavy atom. The van der Waals surface area contributed by atoms with Crippen LogP contribution in [0.4, 0.5) is 0 Å². The number of nitrogens with one attached hydrogen (secondary N) is 1. The fraction of sp³-hybridized carbons (Fsp3) is 0.154. The molecule has 0 saturated carbocycles. The lowest BCUT2D eigenvalue weighted by Gasteiger charge is -2.08. The highest BCUT2D eigenvalue weighted by atomic mass is 32.2. The van der Waals surface area contributed by atoms with Crippen LogP contribution in [0.2, 0.25) is 0 Å². The van der Waals surface area contributed by atoms with E-state index in [4.69, 9.17) is 4.84 Å². The number of para-hydroxylation sites is 1. The van der Waals surface area contributed by atoms with Gasteiger partial charge >= 0.3 is 0 Å². The highest BCUT2D eigenvalue weighted by Gasteiger charge is 2.46. The highest BCUT2D eigenvalue weighted by Crippen LogP contribution is 2.32. The van der Waals surface area contributed by atoms with E-state index in [1.54, 1.807) is 12.3 Å². The number of rotatable bonds is 1. The van der Waals surface area contributed by atoms with E-state index in [-0.39, 0.29) is 0 Å². The minimum atomic E-state index is -3.32. The van der Waals surface area contributed by atoms with Crippen molar-refractivity contribution in [3.05, 3.63) is 47.5 Å². The summed E-state index contributed by atoms with van der Waals surface area (Å²) in [4.78, 5) is 8.33. The Morgan fingerprint density at radius 2 is 2.11 bits per heavy atom. The average Bonchev–Trinajstić information content (AvgIpc) is 3.05. The number of fused-ring (bicyclic) bond motifs is 2. The summed E-state index contributed by atoms with van der Waals surface area (Å²) in [6.45, 7) is 0. The van der Waals surface area contributed by atoms with Crippen molar-refractivity contribution in [1.82, 2.24) is 4.98 Å². The summed E-state index contributed by atoms with van der Waals surface area (Å²) in [5.74, 6) is 0. The van der Waals surface area contributed by atoms with Crippen molar-refractivity contribution in [3.8, 4) is 0 Å². The van der Waals surface area contributed by atoms with Gasteiger partial charge in [0.05, 0.1) is 0 Å². The minimum absolute atomic E-state index is 0.479. The summed E-state index contributed by atoms with van der Waals surface area (Å²) in [6, 6.07) is 7.71. The number of oxime groups is 1. The predicted octanol–water partition coefficient (Wildman–Crippen LogP) is 1.58. The molecule has 0 bridgehead atoms. The number of benzene rings is 1. The van der Waals surface area contributed by atoms with Crippen LogP contribution in [-0.4, -0.2) is 30.5 Å². The Bertz CT molecular complexity index is 832. The first-order valence-electron chi connectivity index (χ1n) is 5.89. The van der Waals surface area contributed by atoms with Crippen molar-refractivity contribution in [2.45, 2.75) is 11.4 Å². The lowest BCUT2D eigenvalue weighted by atomic mass is 10.0. The largest absolute Gasteiger partial charge is 0.386 e. The molecule has 0 saturated heterocycles. The fourth-order valence-corrected chi connectivity index (χ4v) is 4.16. The van der Waals surface area contributed by atoms with Gasteiger partial charge < -0.3 is 9.82 Å². The number of hydrogen-bond donors (Lipinski definition) is 1. The Kier molecular flexibility index (Phi) is 1.98. The minimum Gasteiger partial charge on any atom is -0.386 e. The van der Waals surface area contributed by atoms with Crippen LogP contribution in [0.1, 0.15) is 5.56 Å².